The van der Waals surface area contributed by atoms with Crippen LogP contribution >= 0.6 is 23.2 Å². The van der Waals surface area contributed by atoms with E-state index in [1.807, 2.05) is 0 Å². The van der Waals surface area contributed by atoms with Crippen LogP contribution in [0.4, 0.5) is 0 Å². The molecule has 37 heavy (non-hydrogen) atoms. The largest absolute Gasteiger partial charge is 0.462 e. The number of hydrogen-bond donors (Lipinski definition) is 0. The first-order chi connectivity index (χ1) is 17.7. The molecule has 0 saturated heterocycles. The third kappa shape index (κ3) is 4.21. The lowest BCUT2D eigenvalue weighted by molar-refractivity contribution is 0.0526. The van der Waals surface area contributed by atoms with Crippen LogP contribution in [0.2, 0.25) is 10.0 Å². The molecule has 1 aromatic carbocycles. The van der Waals surface area contributed by atoms with Gasteiger partial charge in [0.05, 0.1) is 28.4 Å². The van der Waals surface area contributed by atoms with Crippen molar-refractivity contribution in [2.24, 2.45) is 14.1 Å². The van der Waals surface area contributed by atoms with Gasteiger partial charge in [-0.3, -0.25) is 18.5 Å². The van der Waals surface area contributed by atoms with Crippen LogP contribution in [0, 0.1) is 0 Å². The Morgan fingerprint density at radius 2 is 1.89 bits per heavy atom. The highest BCUT2D eigenvalue weighted by molar-refractivity contribution is 6.42. The molecule has 0 unspecified atom stereocenters. The van der Waals surface area contributed by atoms with Gasteiger partial charge in [0.1, 0.15) is 6.54 Å². The van der Waals surface area contributed by atoms with Crippen LogP contribution in [0.25, 0.3) is 28.6 Å². The Bertz CT molecular complexity index is 1790. The minimum absolute atomic E-state index is 0.0950. The van der Waals surface area contributed by atoms with Crippen molar-refractivity contribution in [1.29, 1.82) is 0 Å². The first-order valence-electron chi connectivity index (χ1n) is 10.9. The van der Waals surface area contributed by atoms with E-state index in [9.17, 15) is 14.4 Å². The van der Waals surface area contributed by atoms with Gasteiger partial charge < -0.3 is 9.15 Å². The maximum absolute atomic E-state index is 13.1. The molecule has 190 valence electrons. The summed E-state index contributed by atoms with van der Waals surface area (Å²) in [5.41, 5.74) is -0.197. The van der Waals surface area contributed by atoms with E-state index < -0.39 is 17.2 Å². The molecule has 0 aliphatic heterocycles. The van der Waals surface area contributed by atoms with Crippen molar-refractivity contribution >= 4 is 40.3 Å². The summed E-state index contributed by atoms with van der Waals surface area (Å²) in [5.74, 6) is -0.111. The van der Waals surface area contributed by atoms with E-state index in [0.29, 0.717) is 15.6 Å². The fourth-order valence-electron chi connectivity index (χ4n) is 3.71. The lowest BCUT2D eigenvalue weighted by Gasteiger charge is -2.07. The molecule has 13 nitrogen and oxygen atoms in total. The number of esters is 1. The number of ether oxygens (including phenoxy) is 1. The summed E-state index contributed by atoms with van der Waals surface area (Å²) in [4.78, 5) is 42.3. The highest BCUT2D eigenvalue weighted by atomic mass is 35.5. The van der Waals surface area contributed by atoms with Crippen LogP contribution in [0.15, 0.2) is 44.6 Å². The summed E-state index contributed by atoms with van der Waals surface area (Å²) < 4.78 is 15.8. The molecule has 0 aliphatic carbocycles. The van der Waals surface area contributed by atoms with E-state index in [1.54, 1.807) is 25.1 Å². The molecule has 4 aromatic heterocycles. The van der Waals surface area contributed by atoms with Crippen molar-refractivity contribution in [3.05, 3.63) is 72.9 Å². The number of halogens is 2. The molecule has 4 heterocycles. The second kappa shape index (κ2) is 9.33. The standard InChI is InChI=1S/C22H18Cl2N8O5/c1-4-36-20(34)12-8-25-32(9-12)21-26-17-16(19(33)30(3)22(35)29(17)2)31(21)10-15-27-28-18(37-15)11-5-6-13(23)14(24)7-11/h5-9H,4,10H2,1-3H3. The number of carbonyl (C=O) groups excluding carboxylic acids is 1. The lowest BCUT2D eigenvalue weighted by atomic mass is 10.2. The van der Waals surface area contributed by atoms with Crippen molar-refractivity contribution < 1.29 is 13.9 Å². The van der Waals surface area contributed by atoms with E-state index in [-0.39, 0.29) is 47.6 Å². The van der Waals surface area contributed by atoms with Crippen LogP contribution in [-0.4, -0.2) is 51.2 Å². The Kier molecular flexibility index (Phi) is 6.17. The second-order valence-electron chi connectivity index (χ2n) is 7.90. The highest BCUT2D eigenvalue weighted by Crippen LogP contribution is 2.28. The van der Waals surface area contributed by atoms with Gasteiger partial charge in [-0.2, -0.15) is 10.1 Å². The maximum Gasteiger partial charge on any atom is 0.341 e. The minimum Gasteiger partial charge on any atom is -0.462 e. The Hall–Kier alpha value is -4.23. The monoisotopic (exact) mass is 544 g/mol. The van der Waals surface area contributed by atoms with Gasteiger partial charge in [-0.15, -0.1) is 10.2 Å². The van der Waals surface area contributed by atoms with Crippen LogP contribution in [-0.2, 0) is 25.4 Å². The quantitative estimate of drug-likeness (QED) is 0.293. The Labute approximate surface area is 217 Å². The summed E-state index contributed by atoms with van der Waals surface area (Å²) >= 11 is 12.1. The fourth-order valence-corrected chi connectivity index (χ4v) is 4.01. The molecule has 0 amide bonds. The van der Waals surface area contributed by atoms with Gasteiger partial charge >= 0.3 is 11.7 Å². The number of rotatable bonds is 6. The summed E-state index contributed by atoms with van der Waals surface area (Å²) in [7, 11) is 2.86. The van der Waals surface area contributed by atoms with Crippen molar-refractivity contribution in [2.75, 3.05) is 6.61 Å². The van der Waals surface area contributed by atoms with Crippen LogP contribution in [0.5, 0.6) is 0 Å². The molecule has 5 aromatic rings. The molecule has 0 atom stereocenters. The highest BCUT2D eigenvalue weighted by Gasteiger charge is 2.23. The van der Waals surface area contributed by atoms with Crippen LogP contribution < -0.4 is 11.2 Å². The average Bonchev–Trinajstić information content (AvgIpc) is 3.62. The van der Waals surface area contributed by atoms with E-state index >= 15 is 0 Å². The number of imidazole rings is 1. The van der Waals surface area contributed by atoms with E-state index in [0.717, 1.165) is 4.57 Å². The first-order valence-corrected chi connectivity index (χ1v) is 11.6. The number of nitrogens with zero attached hydrogens (tertiary/aromatic N) is 8. The molecule has 0 saturated carbocycles. The molecule has 0 bridgehead atoms. The Morgan fingerprint density at radius 1 is 1.11 bits per heavy atom. The molecule has 0 aliphatic rings. The van der Waals surface area contributed by atoms with Gasteiger partial charge in [0, 0.05) is 25.9 Å². The number of carbonyl (C=O) groups is 1. The van der Waals surface area contributed by atoms with E-state index in [1.165, 1.54) is 40.3 Å². The van der Waals surface area contributed by atoms with Crippen molar-refractivity contribution in [1.82, 2.24) is 38.7 Å². The second-order valence-corrected chi connectivity index (χ2v) is 8.71. The summed E-state index contributed by atoms with van der Waals surface area (Å²) in [6.07, 6.45) is 2.72. The van der Waals surface area contributed by atoms with E-state index in [4.69, 9.17) is 32.4 Å². The van der Waals surface area contributed by atoms with Gasteiger partial charge in [-0.25, -0.2) is 14.3 Å². The molecule has 15 heteroatoms. The number of benzene rings is 1. The third-order valence-electron chi connectivity index (χ3n) is 5.55. The SMILES string of the molecule is CCOC(=O)c1cnn(-c2nc3c(c(=O)n(C)c(=O)n3C)n2Cc2nnc(-c3ccc(Cl)c(Cl)c3)o2)c1. The predicted octanol–water partition coefficient (Wildman–Crippen LogP) is 2.20. The Balaban J connectivity index is 1.65. The number of fused-ring (bicyclic) bond motifs is 1. The molecule has 0 spiro atoms. The molecule has 0 fully saturated rings. The smallest absolute Gasteiger partial charge is 0.341 e. The molecule has 0 radical (unpaired) electrons. The summed E-state index contributed by atoms with van der Waals surface area (Å²) in [6, 6.07) is 4.87. The fraction of sp³-hybridized carbons (Fsp3) is 0.227. The zero-order valence-electron chi connectivity index (χ0n) is 19.7. The minimum atomic E-state index is -0.584. The van der Waals surface area contributed by atoms with Gasteiger partial charge in [0.15, 0.2) is 11.2 Å². The van der Waals surface area contributed by atoms with Crippen LogP contribution in [0.3, 0.4) is 0 Å². The average molecular weight is 545 g/mol. The van der Waals surface area contributed by atoms with Crippen molar-refractivity contribution in [3.8, 4) is 17.4 Å². The topological polar surface area (TPSA) is 145 Å². The summed E-state index contributed by atoms with van der Waals surface area (Å²) in [5, 5.41) is 13.1. The van der Waals surface area contributed by atoms with E-state index in [2.05, 4.69) is 20.3 Å². The normalized spacial score (nSPS) is 11.4. The van der Waals surface area contributed by atoms with Crippen LogP contribution in [0.1, 0.15) is 23.2 Å². The zero-order valence-corrected chi connectivity index (χ0v) is 21.2. The zero-order chi connectivity index (χ0) is 26.4. The number of hydrogen-bond acceptors (Lipinski definition) is 9. The first kappa shape index (κ1) is 24.5. The lowest BCUT2D eigenvalue weighted by Crippen LogP contribution is -2.37. The molecule has 5 rings (SSSR count). The molecule has 0 N–H and O–H groups in total. The van der Waals surface area contributed by atoms with Crippen molar-refractivity contribution in [3.63, 3.8) is 0 Å². The van der Waals surface area contributed by atoms with Gasteiger partial charge in [-0.1, -0.05) is 23.2 Å². The molecular weight excluding hydrogens is 527 g/mol. The van der Waals surface area contributed by atoms with Gasteiger partial charge in [0.2, 0.25) is 17.7 Å². The summed E-state index contributed by atoms with van der Waals surface area (Å²) in [6.45, 7) is 1.79. The Morgan fingerprint density at radius 3 is 2.62 bits per heavy atom. The van der Waals surface area contributed by atoms with Gasteiger partial charge in [-0.05, 0) is 25.1 Å². The van der Waals surface area contributed by atoms with Gasteiger partial charge in [0.25, 0.3) is 5.56 Å². The predicted molar refractivity (Wildman–Crippen MR) is 132 cm³/mol. The maximum atomic E-state index is 13.1. The van der Waals surface area contributed by atoms with Crippen molar-refractivity contribution in [2.45, 2.75) is 13.5 Å². The number of aromatic nitrogens is 8. The third-order valence-corrected chi connectivity index (χ3v) is 6.29. The number of aryl methyl sites for hydroxylation is 1. The molecular formula is C22H18Cl2N8O5.